The van der Waals surface area contributed by atoms with E-state index in [-0.39, 0.29) is 4.90 Å². The van der Waals surface area contributed by atoms with Gasteiger partial charge in [0.05, 0.1) is 4.90 Å². The summed E-state index contributed by atoms with van der Waals surface area (Å²) in [5, 5.41) is 2.33. The topological polar surface area (TPSA) is 34.1 Å². The van der Waals surface area contributed by atoms with Crippen LogP contribution in [0.2, 0.25) is 0 Å². The summed E-state index contributed by atoms with van der Waals surface area (Å²) >= 11 is 0. The fourth-order valence-corrected chi connectivity index (χ4v) is 2.95. The monoisotopic (exact) mass is 302 g/mol. The molecule has 0 atom stereocenters. The molecule has 2 nitrogen and oxygen atoms in total. The molecule has 0 N–H and O–H groups in total. The highest BCUT2D eigenvalue weighted by atomic mass is 35.7. The summed E-state index contributed by atoms with van der Waals surface area (Å²) in [5.41, 5.74) is 2.00. The molecule has 0 radical (unpaired) electrons. The molecule has 0 fully saturated rings. The maximum absolute atomic E-state index is 11.2. The Balaban J connectivity index is 2.07. The number of benzene rings is 3. The van der Waals surface area contributed by atoms with E-state index in [1.807, 2.05) is 18.2 Å². The summed E-state index contributed by atoms with van der Waals surface area (Å²) in [7, 11) is 1.64. The van der Waals surface area contributed by atoms with Crippen molar-refractivity contribution in [3.05, 3.63) is 66.7 Å². The minimum absolute atomic E-state index is 0.115. The summed E-state index contributed by atoms with van der Waals surface area (Å²) in [5.74, 6) is 0. The minimum atomic E-state index is -3.66. The van der Waals surface area contributed by atoms with Gasteiger partial charge < -0.3 is 0 Å². The van der Waals surface area contributed by atoms with Crippen LogP contribution in [-0.4, -0.2) is 8.42 Å². The molecule has 0 amide bonds. The molecule has 3 aromatic carbocycles. The average molecular weight is 303 g/mol. The average Bonchev–Trinajstić information content (AvgIpc) is 2.46. The lowest BCUT2D eigenvalue weighted by Gasteiger charge is -2.05. The van der Waals surface area contributed by atoms with Gasteiger partial charge in [-0.25, -0.2) is 8.42 Å². The smallest absolute Gasteiger partial charge is 0.207 e. The van der Waals surface area contributed by atoms with Gasteiger partial charge in [-0.15, -0.1) is 0 Å². The van der Waals surface area contributed by atoms with E-state index < -0.39 is 9.05 Å². The summed E-state index contributed by atoms with van der Waals surface area (Å²) in [6.45, 7) is 0. The predicted molar refractivity (Wildman–Crippen MR) is 82.4 cm³/mol. The largest absolute Gasteiger partial charge is 0.261 e. The molecule has 0 spiro atoms. The molecule has 0 bridgehead atoms. The molecule has 0 aliphatic rings. The first-order valence-electron chi connectivity index (χ1n) is 6.08. The fraction of sp³-hybridized carbons (Fsp3) is 0. The Kier molecular flexibility index (Phi) is 3.24. The number of rotatable bonds is 2. The van der Waals surface area contributed by atoms with Crippen molar-refractivity contribution >= 4 is 30.5 Å². The van der Waals surface area contributed by atoms with Crippen molar-refractivity contribution in [1.29, 1.82) is 0 Å². The van der Waals surface area contributed by atoms with Crippen LogP contribution in [0.4, 0.5) is 0 Å². The summed E-state index contributed by atoms with van der Waals surface area (Å²) in [6, 6.07) is 20.8. The molecule has 0 heterocycles. The van der Waals surface area contributed by atoms with E-state index in [9.17, 15) is 8.42 Å². The maximum atomic E-state index is 11.2. The highest BCUT2D eigenvalue weighted by Gasteiger charge is 2.09. The lowest BCUT2D eigenvalue weighted by Crippen LogP contribution is -1.89. The fourth-order valence-electron chi connectivity index (χ4n) is 2.18. The first-order valence-corrected chi connectivity index (χ1v) is 8.39. The van der Waals surface area contributed by atoms with Crippen molar-refractivity contribution in [2.24, 2.45) is 0 Å². The molecule has 0 aliphatic carbocycles. The third-order valence-electron chi connectivity index (χ3n) is 3.22. The van der Waals surface area contributed by atoms with Gasteiger partial charge >= 0.3 is 0 Å². The second-order valence-electron chi connectivity index (χ2n) is 4.52. The number of halogens is 1. The van der Waals surface area contributed by atoms with Crippen LogP contribution >= 0.6 is 10.7 Å². The van der Waals surface area contributed by atoms with Crippen LogP contribution in [0.5, 0.6) is 0 Å². The predicted octanol–water partition coefficient (Wildman–Crippen LogP) is 4.43. The zero-order valence-electron chi connectivity index (χ0n) is 10.5. The molecule has 3 aromatic rings. The van der Waals surface area contributed by atoms with Crippen molar-refractivity contribution in [3.63, 3.8) is 0 Å². The third-order valence-corrected chi connectivity index (χ3v) is 4.59. The standard InChI is InChI=1S/C16H11ClO2S/c17-20(18,19)16-9-7-13(8-10-16)15-6-5-12-3-1-2-4-14(12)11-15/h1-11H. The molecule has 3 rings (SSSR count). The first kappa shape index (κ1) is 13.2. The van der Waals surface area contributed by atoms with E-state index in [0.29, 0.717) is 0 Å². The molecule has 0 saturated heterocycles. The van der Waals surface area contributed by atoms with Crippen LogP contribution in [0.25, 0.3) is 21.9 Å². The molecule has 0 unspecified atom stereocenters. The van der Waals surface area contributed by atoms with Crippen LogP contribution in [0.15, 0.2) is 71.6 Å². The first-order chi connectivity index (χ1) is 9.54. The van der Waals surface area contributed by atoms with Crippen molar-refractivity contribution in [3.8, 4) is 11.1 Å². The zero-order chi connectivity index (χ0) is 14.2. The van der Waals surface area contributed by atoms with Crippen molar-refractivity contribution in [1.82, 2.24) is 0 Å². The van der Waals surface area contributed by atoms with Gasteiger partial charge in [0.2, 0.25) is 0 Å². The molecular formula is C16H11ClO2S. The van der Waals surface area contributed by atoms with Crippen LogP contribution in [-0.2, 0) is 9.05 Å². The molecule has 0 aliphatic heterocycles. The van der Waals surface area contributed by atoms with Gasteiger partial charge in [0.1, 0.15) is 0 Å². The van der Waals surface area contributed by atoms with Crippen molar-refractivity contribution < 1.29 is 8.42 Å². The second kappa shape index (κ2) is 4.93. The summed E-state index contributed by atoms with van der Waals surface area (Å²) in [4.78, 5) is 0.115. The Morgan fingerprint density at radius 2 is 1.30 bits per heavy atom. The third kappa shape index (κ3) is 2.55. The van der Waals surface area contributed by atoms with E-state index in [1.54, 1.807) is 12.1 Å². The second-order valence-corrected chi connectivity index (χ2v) is 7.09. The van der Waals surface area contributed by atoms with E-state index in [0.717, 1.165) is 16.5 Å². The van der Waals surface area contributed by atoms with Crippen LogP contribution in [0.1, 0.15) is 0 Å². The van der Waals surface area contributed by atoms with Gasteiger partial charge in [0.25, 0.3) is 9.05 Å². The molecular weight excluding hydrogens is 292 g/mol. The Morgan fingerprint density at radius 3 is 1.95 bits per heavy atom. The lowest BCUT2D eigenvalue weighted by molar-refractivity contribution is 0.609. The van der Waals surface area contributed by atoms with Gasteiger partial charge in [0, 0.05) is 10.7 Å². The minimum Gasteiger partial charge on any atom is -0.207 e. The van der Waals surface area contributed by atoms with Crippen LogP contribution in [0, 0.1) is 0 Å². The Morgan fingerprint density at radius 1 is 0.700 bits per heavy atom. The van der Waals surface area contributed by atoms with Gasteiger partial charge in [-0.3, -0.25) is 0 Å². The molecule has 20 heavy (non-hydrogen) atoms. The Hall–Kier alpha value is -1.84. The maximum Gasteiger partial charge on any atom is 0.261 e. The molecule has 100 valence electrons. The molecule has 4 heteroatoms. The van der Waals surface area contributed by atoms with Gasteiger partial charge in [-0.2, -0.15) is 0 Å². The quantitative estimate of drug-likeness (QED) is 0.656. The number of hydrogen-bond acceptors (Lipinski definition) is 2. The Labute approximate surface area is 122 Å². The summed E-state index contributed by atoms with van der Waals surface area (Å²) < 4.78 is 22.4. The van der Waals surface area contributed by atoms with E-state index >= 15 is 0 Å². The number of fused-ring (bicyclic) bond motifs is 1. The van der Waals surface area contributed by atoms with Gasteiger partial charge in [-0.05, 0) is 40.1 Å². The number of hydrogen-bond donors (Lipinski definition) is 0. The molecule has 0 aromatic heterocycles. The Bertz CT molecular complexity index is 868. The molecule has 0 saturated carbocycles. The van der Waals surface area contributed by atoms with E-state index in [4.69, 9.17) is 10.7 Å². The zero-order valence-corrected chi connectivity index (χ0v) is 12.0. The lowest BCUT2D eigenvalue weighted by atomic mass is 10.0. The normalized spacial score (nSPS) is 11.7. The highest BCUT2D eigenvalue weighted by Crippen LogP contribution is 2.26. The SMILES string of the molecule is O=S(=O)(Cl)c1ccc(-c2ccc3ccccc3c2)cc1. The van der Waals surface area contributed by atoms with Gasteiger partial charge in [0.15, 0.2) is 0 Å². The summed E-state index contributed by atoms with van der Waals surface area (Å²) in [6.07, 6.45) is 0. The van der Waals surface area contributed by atoms with Crippen LogP contribution < -0.4 is 0 Å². The van der Waals surface area contributed by atoms with E-state index in [2.05, 4.69) is 24.3 Å². The van der Waals surface area contributed by atoms with Crippen molar-refractivity contribution in [2.45, 2.75) is 4.90 Å². The van der Waals surface area contributed by atoms with Crippen LogP contribution in [0.3, 0.4) is 0 Å². The van der Waals surface area contributed by atoms with Crippen molar-refractivity contribution in [2.75, 3.05) is 0 Å². The highest BCUT2D eigenvalue weighted by molar-refractivity contribution is 8.13. The van der Waals surface area contributed by atoms with Gasteiger partial charge in [-0.1, -0.05) is 48.5 Å². The van der Waals surface area contributed by atoms with E-state index in [1.165, 1.54) is 17.5 Å².